The largest absolute Gasteiger partial charge is 0.416 e. The minimum Gasteiger partial charge on any atom is -0.382 e. The maximum atomic E-state index is 13.7. The molecule has 1 heterocycles. The molecule has 2 aromatic carbocycles. The topological polar surface area (TPSA) is 84.2 Å². The SMILES string of the molecule is Cc1ccc(-c2cc(C(=O)NC[C@@H](O)C(F)(F)F)c(=O)n(-c3cc(F)cc(F)c3)n2)cc1. The van der Waals surface area contributed by atoms with Gasteiger partial charge in [0.15, 0.2) is 6.10 Å². The molecule has 0 radical (unpaired) electrons. The standard InChI is InChI=1S/C21H16F5N3O3/c1-11-2-4-12(5-3-11)17-9-16(19(31)27-10-18(30)21(24,25)26)20(32)29(28-17)15-7-13(22)6-14(23)8-15/h2-9,18,30H,10H2,1H3,(H,27,31)/t18-/m1/s1. The molecule has 0 aliphatic rings. The Balaban J connectivity index is 2.11. The molecule has 3 aromatic rings. The number of aliphatic hydroxyl groups excluding tert-OH is 1. The zero-order chi connectivity index (χ0) is 23.6. The highest BCUT2D eigenvalue weighted by Gasteiger charge is 2.38. The van der Waals surface area contributed by atoms with E-state index in [1.54, 1.807) is 24.3 Å². The number of benzene rings is 2. The van der Waals surface area contributed by atoms with Crippen molar-refractivity contribution in [3.63, 3.8) is 0 Å². The Morgan fingerprint density at radius 3 is 2.25 bits per heavy atom. The van der Waals surface area contributed by atoms with Crippen LogP contribution >= 0.6 is 0 Å². The fourth-order valence-electron chi connectivity index (χ4n) is 2.76. The average Bonchev–Trinajstić information content (AvgIpc) is 2.71. The van der Waals surface area contributed by atoms with Gasteiger partial charge in [-0.15, -0.1) is 0 Å². The van der Waals surface area contributed by atoms with Crippen molar-refractivity contribution < 1.29 is 31.9 Å². The molecule has 0 spiro atoms. The Bertz CT molecular complexity index is 1190. The molecule has 3 rings (SSSR count). The maximum Gasteiger partial charge on any atom is 0.416 e. The zero-order valence-electron chi connectivity index (χ0n) is 16.5. The molecule has 11 heteroatoms. The van der Waals surface area contributed by atoms with Gasteiger partial charge in [-0.25, -0.2) is 8.78 Å². The first-order valence-electron chi connectivity index (χ1n) is 9.16. The molecular weight excluding hydrogens is 437 g/mol. The lowest BCUT2D eigenvalue weighted by atomic mass is 10.1. The normalized spacial score (nSPS) is 12.5. The van der Waals surface area contributed by atoms with E-state index in [-0.39, 0.29) is 11.4 Å². The first-order valence-corrected chi connectivity index (χ1v) is 9.16. The lowest BCUT2D eigenvalue weighted by Gasteiger charge is -2.15. The van der Waals surface area contributed by atoms with E-state index in [4.69, 9.17) is 5.11 Å². The van der Waals surface area contributed by atoms with E-state index < -0.39 is 47.5 Å². The van der Waals surface area contributed by atoms with E-state index in [1.165, 1.54) is 0 Å². The van der Waals surface area contributed by atoms with Crippen LogP contribution in [0.1, 0.15) is 15.9 Å². The molecule has 0 fully saturated rings. The van der Waals surface area contributed by atoms with Gasteiger partial charge in [0.05, 0.1) is 17.9 Å². The molecule has 168 valence electrons. The molecule has 0 saturated carbocycles. The fourth-order valence-corrected chi connectivity index (χ4v) is 2.76. The van der Waals surface area contributed by atoms with Crippen LogP contribution in [0.15, 0.2) is 53.3 Å². The summed E-state index contributed by atoms with van der Waals surface area (Å²) in [5.41, 5.74) is -0.694. The second-order valence-electron chi connectivity index (χ2n) is 6.92. The third-order valence-corrected chi connectivity index (χ3v) is 4.43. The van der Waals surface area contributed by atoms with Gasteiger partial charge in [0.1, 0.15) is 17.2 Å². The second-order valence-corrected chi connectivity index (χ2v) is 6.92. The molecule has 6 nitrogen and oxygen atoms in total. The van der Waals surface area contributed by atoms with Crippen LogP contribution in [0.5, 0.6) is 0 Å². The van der Waals surface area contributed by atoms with Crippen molar-refractivity contribution >= 4 is 5.91 Å². The van der Waals surface area contributed by atoms with Crippen LogP contribution in [-0.2, 0) is 0 Å². The highest BCUT2D eigenvalue weighted by atomic mass is 19.4. The number of hydrogen-bond donors (Lipinski definition) is 2. The van der Waals surface area contributed by atoms with Crippen molar-refractivity contribution in [1.82, 2.24) is 15.1 Å². The molecule has 0 bridgehead atoms. The number of amides is 1. The lowest BCUT2D eigenvalue weighted by Crippen LogP contribution is -2.42. The molecule has 0 saturated heterocycles. The van der Waals surface area contributed by atoms with Gasteiger partial charge in [0, 0.05) is 11.6 Å². The number of carbonyl (C=O) groups excluding carboxylic acids is 1. The quantitative estimate of drug-likeness (QED) is 0.582. The van der Waals surface area contributed by atoms with Gasteiger partial charge in [-0.3, -0.25) is 9.59 Å². The summed E-state index contributed by atoms with van der Waals surface area (Å²) in [6, 6.07) is 9.92. The number of aliphatic hydroxyl groups is 1. The summed E-state index contributed by atoms with van der Waals surface area (Å²) in [4.78, 5) is 25.3. The van der Waals surface area contributed by atoms with Crippen LogP contribution < -0.4 is 10.9 Å². The number of alkyl halides is 3. The number of nitrogens with one attached hydrogen (secondary N) is 1. The third-order valence-electron chi connectivity index (χ3n) is 4.43. The predicted octanol–water partition coefficient (Wildman–Crippen LogP) is 3.14. The molecule has 32 heavy (non-hydrogen) atoms. The van der Waals surface area contributed by atoms with E-state index in [9.17, 15) is 31.5 Å². The van der Waals surface area contributed by atoms with Crippen LogP contribution in [0.25, 0.3) is 16.9 Å². The van der Waals surface area contributed by atoms with Crippen molar-refractivity contribution in [3.8, 4) is 16.9 Å². The summed E-state index contributed by atoms with van der Waals surface area (Å²) >= 11 is 0. The van der Waals surface area contributed by atoms with Gasteiger partial charge in [0.2, 0.25) is 0 Å². The minimum atomic E-state index is -4.97. The van der Waals surface area contributed by atoms with Crippen molar-refractivity contribution in [3.05, 3.63) is 81.6 Å². The van der Waals surface area contributed by atoms with Gasteiger partial charge in [0.25, 0.3) is 11.5 Å². The van der Waals surface area contributed by atoms with E-state index in [0.717, 1.165) is 23.8 Å². The van der Waals surface area contributed by atoms with Crippen molar-refractivity contribution in [2.45, 2.75) is 19.2 Å². The molecule has 0 aliphatic carbocycles. The number of rotatable bonds is 5. The summed E-state index contributed by atoms with van der Waals surface area (Å²) in [7, 11) is 0. The van der Waals surface area contributed by atoms with Crippen molar-refractivity contribution in [2.75, 3.05) is 6.54 Å². The average molecular weight is 453 g/mol. The smallest absolute Gasteiger partial charge is 0.382 e. The molecule has 0 unspecified atom stereocenters. The predicted molar refractivity (Wildman–Crippen MR) is 104 cm³/mol. The Labute approximate surface area is 177 Å². The highest BCUT2D eigenvalue weighted by Crippen LogP contribution is 2.21. The summed E-state index contributed by atoms with van der Waals surface area (Å²) in [6.45, 7) is 0.622. The van der Waals surface area contributed by atoms with E-state index >= 15 is 0 Å². The van der Waals surface area contributed by atoms with E-state index in [2.05, 4.69) is 5.10 Å². The number of halogens is 5. The van der Waals surface area contributed by atoms with Crippen molar-refractivity contribution in [1.29, 1.82) is 0 Å². The maximum absolute atomic E-state index is 13.7. The summed E-state index contributed by atoms with van der Waals surface area (Å²) in [6.07, 6.45) is -7.82. The third kappa shape index (κ3) is 5.17. The Morgan fingerprint density at radius 2 is 1.69 bits per heavy atom. The van der Waals surface area contributed by atoms with Gasteiger partial charge < -0.3 is 10.4 Å². The number of aryl methyl sites for hydroxylation is 1. The van der Waals surface area contributed by atoms with Crippen LogP contribution in [0.4, 0.5) is 22.0 Å². The Morgan fingerprint density at radius 1 is 1.09 bits per heavy atom. The highest BCUT2D eigenvalue weighted by molar-refractivity contribution is 5.94. The number of carbonyl (C=O) groups is 1. The van der Waals surface area contributed by atoms with E-state index in [1.807, 2.05) is 12.2 Å². The van der Waals surface area contributed by atoms with Crippen LogP contribution in [0.3, 0.4) is 0 Å². The van der Waals surface area contributed by atoms with Crippen LogP contribution in [-0.4, -0.2) is 39.6 Å². The number of aromatic nitrogens is 2. The Hall–Kier alpha value is -3.60. The van der Waals surface area contributed by atoms with Gasteiger partial charge in [-0.05, 0) is 25.1 Å². The molecule has 2 N–H and O–H groups in total. The van der Waals surface area contributed by atoms with E-state index in [0.29, 0.717) is 16.3 Å². The van der Waals surface area contributed by atoms with Crippen LogP contribution in [0, 0.1) is 18.6 Å². The van der Waals surface area contributed by atoms with Gasteiger partial charge >= 0.3 is 6.18 Å². The number of hydrogen-bond acceptors (Lipinski definition) is 4. The number of nitrogens with zero attached hydrogens (tertiary/aromatic N) is 2. The summed E-state index contributed by atoms with van der Waals surface area (Å²) in [5.74, 6) is -3.23. The van der Waals surface area contributed by atoms with Crippen molar-refractivity contribution in [2.24, 2.45) is 0 Å². The van der Waals surface area contributed by atoms with Gasteiger partial charge in [-0.2, -0.15) is 23.0 Å². The molecule has 1 atom stereocenters. The lowest BCUT2D eigenvalue weighted by molar-refractivity contribution is -0.201. The fraction of sp³-hybridized carbons (Fsp3) is 0.190. The van der Waals surface area contributed by atoms with Gasteiger partial charge in [-0.1, -0.05) is 29.8 Å². The molecular formula is C21H16F5N3O3. The first-order chi connectivity index (χ1) is 15.0. The molecule has 1 aromatic heterocycles. The molecule has 0 aliphatic heterocycles. The second kappa shape index (κ2) is 8.87. The first kappa shape index (κ1) is 23.1. The minimum absolute atomic E-state index is 0.0517. The Kier molecular flexibility index (Phi) is 6.40. The monoisotopic (exact) mass is 453 g/mol. The van der Waals surface area contributed by atoms with Crippen LogP contribution in [0.2, 0.25) is 0 Å². The zero-order valence-corrected chi connectivity index (χ0v) is 16.5. The summed E-state index contributed by atoms with van der Waals surface area (Å²) in [5, 5.41) is 15.0. The summed E-state index contributed by atoms with van der Waals surface area (Å²) < 4.78 is 65.5. The molecule has 1 amide bonds.